The number of hydrogen-bond acceptors (Lipinski definition) is 2. The van der Waals surface area contributed by atoms with Crippen molar-refractivity contribution in [1.82, 2.24) is 14.5 Å². The molecule has 88 valence electrons. The second-order valence-corrected chi connectivity index (χ2v) is 3.84. The van der Waals surface area contributed by atoms with E-state index in [9.17, 15) is 4.79 Å². The predicted octanol–water partition coefficient (Wildman–Crippen LogP) is 1.97. The Bertz CT molecular complexity index is 488. The van der Waals surface area contributed by atoms with Gasteiger partial charge in [0, 0.05) is 37.9 Å². The van der Waals surface area contributed by atoms with Crippen molar-refractivity contribution in [2.24, 2.45) is 0 Å². The molecule has 17 heavy (non-hydrogen) atoms. The Kier molecular flexibility index (Phi) is 3.09. The molecule has 0 aliphatic carbocycles. The summed E-state index contributed by atoms with van der Waals surface area (Å²) in [6.45, 7) is 0. The maximum atomic E-state index is 11.4. The molecule has 1 aromatic carbocycles. The van der Waals surface area contributed by atoms with Crippen LogP contribution in [0.1, 0.15) is 0 Å². The Morgan fingerprint density at radius 1 is 1.29 bits per heavy atom. The first kappa shape index (κ1) is 11.2. The van der Waals surface area contributed by atoms with Gasteiger partial charge in [0.15, 0.2) is 0 Å². The van der Waals surface area contributed by atoms with Crippen LogP contribution >= 0.6 is 0 Å². The average Bonchev–Trinajstić information content (AvgIpc) is 2.83. The number of benzene rings is 1. The van der Waals surface area contributed by atoms with E-state index in [4.69, 9.17) is 0 Å². The number of anilines is 1. The minimum absolute atomic E-state index is 0.139. The zero-order valence-electron chi connectivity index (χ0n) is 9.79. The molecule has 0 unspecified atom stereocenters. The number of urea groups is 1. The molecule has 2 aromatic rings. The van der Waals surface area contributed by atoms with Crippen LogP contribution in [0.15, 0.2) is 43.0 Å². The second kappa shape index (κ2) is 4.69. The minimum Gasteiger partial charge on any atom is -0.331 e. The van der Waals surface area contributed by atoms with Crippen molar-refractivity contribution >= 4 is 11.7 Å². The van der Waals surface area contributed by atoms with E-state index in [2.05, 4.69) is 10.3 Å². The number of rotatable bonds is 2. The Morgan fingerprint density at radius 2 is 2.00 bits per heavy atom. The number of nitrogens with zero attached hydrogens (tertiary/aromatic N) is 3. The van der Waals surface area contributed by atoms with Gasteiger partial charge in [0.25, 0.3) is 0 Å². The van der Waals surface area contributed by atoms with Gasteiger partial charge in [-0.25, -0.2) is 9.78 Å². The summed E-state index contributed by atoms with van der Waals surface area (Å²) in [5, 5.41) is 2.78. The first-order chi connectivity index (χ1) is 8.16. The highest BCUT2D eigenvalue weighted by molar-refractivity contribution is 5.88. The molecule has 0 saturated carbocycles. The van der Waals surface area contributed by atoms with Crippen LogP contribution in [0, 0.1) is 0 Å². The average molecular weight is 230 g/mol. The molecule has 2 amide bonds. The summed E-state index contributed by atoms with van der Waals surface area (Å²) in [5.41, 5.74) is 1.78. The summed E-state index contributed by atoms with van der Waals surface area (Å²) in [7, 11) is 3.41. The fourth-order valence-corrected chi connectivity index (χ4v) is 1.36. The summed E-state index contributed by atoms with van der Waals surface area (Å²) in [4.78, 5) is 16.9. The lowest BCUT2D eigenvalue weighted by atomic mass is 10.3. The van der Waals surface area contributed by atoms with Gasteiger partial charge in [0.05, 0.1) is 6.33 Å². The summed E-state index contributed by atoms with van der Waals surface area (Å²) < 4.78 is 1.90. The second-order valence-electron chi connectivity index (χ2n) is 3.84. The summed E-state index contributed by atoms with van der Waals surface area (Å²) in [5.74, 6) is 0. The Labute approximate surface area is 99.7 Å². The predicted molar refractivity (Wildman–Crippen MR) is 66.3 cm³/mol. The van der Waals surface area contributed by atoms with E-state index in [-0.39, 0.29) is 6.03 Å². The summed E-state index contributed by atoms with van der Waals surface area (Å²) >= 11 is 0. The third-order valence-corrected chi connectivity index (χ3v) is 2.33. The number of nitrogens with one attached hydrogen (secondary N) is 1. The molecule has 0 saturated heterocycles. The van der Waals surface area contributed by atoms with Gasteiger partial charge in [-0.2, -0.15) is 0 Å². The molecule has 1 heterocycles. The zero-order valence-corrected chi connectivity index (χ0v) is 9.79. The lowest BCUT2D eigenvalue weighted by Gasteiger charge is -2.12. The SMILES string of the molecule is CN(C)C(=O)Nc1ccc(-n2ccnc2)cc1. The van der Waals surface area contributed by atoms with Crippen LogP contribution in [0.2, 0.25) is 0 Å². The van der Waals surface area contributed by atoms with Crippen molar-refractivity contribution in [1.29, 1.82) is 0 Å². The number of carbonyl (C=O) groups is 1. The summed E-state index contributed by atoms with van der Waals surface area (Å²) in [6.07, 6.45) is 5.32. The lowest BCUT2D eigenvalue weighted by Crippen LogP contribution is -2.27. The van der Waals surface area contributed by atoms with E-state index < -0.39 is 0 Å². The van der Waals surface area contributed by atoms with Crippen molar-refractivity contribution in [3.8, 4) is 5.69 Å². The number of hydrogen-bond donors (Lipinski definition) is 1. The van der Waals surface area contributed by atoms with Crippen molar-refractivity contribution < 1.29 is 4.79 Å². The fraction of sp³-hybridized carbons (Fsp3) is 0.167. The number of aromatic nitrogens is 2. The molecule has 0 atom stereocenters. The molecule has 0 bridgehead atoms. The van der Waals surface area contributed by atoms with E-state index in [0.717, 1.165) is 11.4 Å². The number of carbonyl (C=O) groups excluding carboxylic acids is 1. The van der Waals surface area contributed by atoms with E-state index in [1.165, 1.54) is 4.90 Å². The maximum absolute atomic E-state index is 11.4. The van der Waals surface area contributed by atoms with E-state index in [1.807, 2.05) is 35.0 Å². The normalized spacial score (nSPS) is 10.0. The van der Waals surface area contributed by atoms with E-state index in [0.29, 0.717) is 0 Å². The standard InChI is InChI=1S/C12H14N4O/c1-15(2)12(17)14-10-3-5-11(6-4-10)16-8-7-13-9-16/h3-9H,1-2H3,(H,14,17). The fourth-order valence-electron chi connectivity index (χ4n) is 1.36. The van der Waals surface area contributed by atoms with E-state index in [1.54, 1.807) is 26.6 Å². The van der Waals surface area contributed by atoms with Crippen LogP contribution in [0.5, 0.6) is 0 Å². The molecular formula is C12H14N4O. The van der Waals surface area contributed by atoms with Gasteiger partial charge in [0.1, 0.15) is 0 Å². The van der Waals surface area contributed by atoms with Gasteiger partial charge < -0.3 is 14.8 Å². The molecule has 0 aliphatic rings. The third-order valence-electron chi connectivity index (χ3n) is 2.33. The Balaban J connectivity index is 2.11. The molecule has 5 nitrogen and oxygen atoms in total. The van der Waals surface area contributed by atoms with Crippen LogP contribution in [-0.4, -0.2) is 34.6 Å². The van der Waals surface area contributed by atoms with Gasteiger partial charge in [-0.1, -0.05) is 0 Å². The summed E-state index contributed by atoms with van der Waals surface area (Å²) in [6, 6.07) is 7.42. The highest BCUT2D eigenvalue weighted by atomic mass is 16.2. The van der Waals surface area contributed by atoms with E-state index >= 15 is 0 Å². The highest BCUT2D eigenvalue weighted by Crippen LogP contribution is 2.13. The van der Waals surface area contributed by atoms with Gasteiger partial charge in [-0.15, -0.1) is 0 Å². The van der Waals surface area contributed by atoms with Crippen LogP contribution in [-0.2, 0) is 0 Å². The van der Waals surface area contributed by atoms with Crippen molar-refractivity contribution in [3.63, 3.8) is 0 Å². The first-order valence-electron chi connectivity index (χ1n) is 5.23. The number of amides is 2. The van der Waals surface area contributed by atoms with Crippen LogP contribution in [0.25, 0.3) is 5.69 Å². The van der Waals surface area contributed by atoms with Gasteiger partial charge in [-0.05, 0) is 24.3 Å². The molecule has 0 aliphatic heterocycles. The maximum Gasteiger partial charge on any atom is 0.321 e. The van der Waals surface area contributed by atoms with Crippen LogP contribution < -0.4 is 5.32 Å². The van der Waals surface area contributed by atoms with Crippen LogP contribution in [0.4, 0.5) is 10.5 Å². The Morgan fingerprint density at radius 3 is 2.53 bits per heavy atom. The minimum atomic E-state index is -0.139. The molecule has 5 heteroatoms. The quantitative estimate of drug-likeness (QED) is 0.857. The smallest absolute Gasteiger partial charge is 0.321 e. The molecule has 0 spiro atoms. The van der Waals surface area contributed by atoms with Crippen molar-refractivity contribution in [2.45, 2.75) is 0 Å². The largest absolute Gasteiger partial charge is 0.331 e. The third kappa shape index (κ3) is 2.63. The first-order valence-corrected chi connectivity index (χ1v) is 5.23. The highest BCUT2D eigenvalue weighted by Gasteiger charge is 2.03. The van der Waals surface area contributed by atoms with Gasteiger partial charge >= 0.3 is 6.03 Å². The zero-order chi connectivity index (χ0) is 12.3. The molecule has 0 fully saturated rings. The molecule has 0 radical (unpaired) electrons. The topological polar surface area (TPSA) is 50.2 Å². The Hall–Kier alpha value is -2.30. The molecular weight excluding hydrogens is 216 g/mol. The molecule has 1 aromatic heterocycles. The number of imidazole rings is 1. The molecule has 2 rings (SSSR count). The lowest BCUT2D eigenvalue weighted by molar-refractivity contribution is 0.230. The van der Waals surface area contributed by atoms with Crippen LogP contribution in [0.3, 0.4) is 0 Å². The van der Waals surface area contributed by atoms with Gasteiger partial charge in [0.2, 0.25) is 0 Å². The monoisotopic (exact) mass is 230 g/mol. The van der Waals surface area contributed by atoms with Gasteiger partial charge in [-0.3, -0.25) is 0 Å². The van der Waals surface area contributed by atoms with Crippen molar-refractivity contribution in [3.05, 3.63) is 43.0 Å². The van der Waals surface area contributed by atoms with Crippen molar-refractivity contribution in [2.75, 3.05) is 19.4 Å². The molecule has 1 N–H and O–H groups in total.